The van der Waals surface area contributed by atoms with Gasteiger partial charge in [0, 0.05) is 13.0 Å². The Morgan fingerprint density at radius 2 is 2.62 bits per heavy atom. The monoisotopic (exact) mass is 200 g/mol. The highest BCUT2D eigenvalue weighted by Crippen LogP contribution is 2.22. The molecule has 5 heteroatoms. The van der Waals surface area contributed by atoms with Gasteiger partial charge >= 0.3 is 0 Å². The number of aliphatic hydroxyl groups is 1. The molecule has 0 aliphatic carbocycles. The molecule has 1 N–H and O–H groups in total. The fourth-order valence-electron chi connectivity index (χ4n) is 1.58. The minimum atomic E-state index is -0.714. The van der Waals surface area contributed by atoms with Gasteiger partial charge in [0.2, 0.25) is 0 Å². The van der Waals surface area contributed by atoms with Crippen molar-refractivity contribution in [1.82, 2.24) is 8.75 Å². The number of rotatable bonds is 2. The zero-order chi connectivity index (χ0) is 9.15. The molecule has 72 valence electrons. The van der Waals surface area contributed by atoms with Gasteiger partial charge < -0.3 is 9.84 Å². The Kier molecular flexibility index (Phi) is 2.57. The van der Waals surface area contributed by atoms with E-state index in [-0.39, 0.29) is 0 Å². The van der Waals surface area contributed by atoms with E-state index < -0.39 is 5.60 Å². The van der Waals surface area contributed by atoms with Gasteiger partial charge in [-0.2, -0.15) is 8.75 Å². The molecule has 1 saturated heterocycles. The van der Waals surface area contributed by atoms with Crippen LogP contribution in [0.1, 0.15) is 18.5 Å². The van der Waals surface area contributed by atoms with Gasteiger partial charge in [0.25, 0.3) is 0 Å². The minimum absolute atomic E-state index is 0.421. The van der Waals surface area contributed by atoms with Crippen molar-refractivity contribution in [3.05, 3.63) is 11.9 Å². The van der Waals surface area contributed by atoms with Crippen molar-refractivity contribution in [2.24, 2.45) is 0 Å². The standard InChI is InChI=1S/C8H12N2O2S/c11-8(2-1-3-12-6-8)4-7-5-9-13-10-7/h5,11H,1-4,6H2. The Hall–Kier alpha value is -0.520. The Bertz CT molecular complexity index is 257. The van der Waals surface area contributed by atoms with E-state index in [2.05, 4.69) is 8.75 Å². The Labute approximate surface area is 80.9 Å². The van der Waals surface area contributed by atoms with Crippen LogP contribution < -0.4 is 0 Å². The summed E-state index contributed by atoms with van der Waals surface area (Å²) in [5, 5.41) is 10.1. The number of nitrogens with zero attached hydrogens (tertiary/aromatic N) is 2. The number of hydrogen-bond acceptors (Lipinski definition) is 5. The molecule has 0 radical (unpaired) electrons. The summed E-state index contributed by atoms with van der Waals surface area (Å²) < 4.78 is 13.2. The molecule has 0 saturated carbocycles. The van der Waals surface area contributed by atoms with Crippen molar-refractivity contribution < 1.29 is 9.84 Å². The molecule has 4 nitrogen and oxygen atoms in total. The molecule has 1 atom stereocenters. The normalized spacial score (nSPS) is 29.0. The predicted molar refractivity (Wildman–Crippen MR) is 48.6 cm³/mol. The third-order valence-electron chi connectivity index (χ3n) is 2.22. The smallest absolute Gasteiger partial charge is 0.0937 e. The molecule has 0 bridgehead atoms. The summed E-state index contributed by atoms with van der Waals surface area (Å²) in [5.74, 6) is 0. The third kappa shape index (κ3) is 2.24. The predicted octanol–water partition coefficient (Wildman–Crippen LogP) is 0.622. The maximum atomic E-state index is 10.1. The van der Waals surface area contributed by atoms with Gasteiger partial charge in [-0.3, -0.25) is 0 Å². The second-order valence-electron chi connectivity index (χ2n) is 3.46. The van der Waals surface area contributed by atoms with Crippen molar-refractivity contribution in [1.29, 1.82) is 0 Å². The van der Waals surface area contributed by atoms with Gasteiger partial charge in [-0.15, -0.1) is 0 Å². The molecule has 13 heavy (non-hydrogen) atoms. The van der Waals surface area contributed by atoms with E-state index in [4.69, 9.17) is 4.74 Å². The number of ether oxygens (including phenoxy) is 1. The van der Waals surface area contributed by atoms with Crippen LogP contribution in [0.5, 0.6) is 0 Å². The number of hydrogen-bond donors (Lipinski definition) is 1. The third-order valence-corrected chi connectivity index (χ3v) is 2.73. The fourth-order valence-corrected chi connectivity index (χ4v) is 2.01. The summed E-state index contributed by atoms with van der Waals surface area (Å²) >= 11 is 1.17. The van der Waals surface area contributed by atoms with Gasteiger partial charge in [0.15, 0.2) is 0 Å². The molecule has 1 aliphatic rings. The highest BCUT2D eigenvalue weighted by atomic mass is 32.1. The van der Waals surface area contributed by atoms with Crippen LogP contribution in [0, 0.1) is 0 Å². The van der Waals surface area contributed by atoms with E-state index in [1.165, 1.54) is 11.7 Å². The quantitative estimate of drug-likeness (QED) is 0.760. The molecule has 1 fully saturated rings. The molecular weight excluding hydrogens is 188 g/mol. The Morgan fingerprint density at radius 1 is 1.69 bits per heavy atom. The van der Waals surface area contributed by atoms with Gasteiger partial charge in [-0.1, -0.05) is 0 Å². The van der Waals surface area contributed by atoms with Crippen LogP contribution in [-0.2, 0) is 11.2 Å². The van der Waals surface area contributed by atoms with Crippen molar-refractivity contribution in [3.63, 3.8) is 0 Å². The highest BCUT2D eigenvalue weighted by Gasteiger charge is 2.30. The lowest BCUT2D eigenvalue weighted by Crippen LogP contribution is -2.40. The first-order valence-electron chi connectivity index (χ1n) is 4.35. The van der Waals surface area contributed by atoms with Gasteiger partial charge in [0.05, 0.1) is 35.8 Å². The van der Waals surface area contributed by atoms with Crippen molar-refractivity contribution in [3.8, 4) is 0 Å². The number of aromatic nitrogens is 2. The lowest BCUT2D eigenvalue weighted by Gasteiger charge is -2.31. The van der Waals surface area contributed by atoms with E-state index in [0.29, 0.717) is 13.0 Å². The van der Waals surface area contributed by atoms with Crippen LogP contribution in [0.25, 0.3) is 0 Å². The Balaban J connectivity index is 1.99. The van der Waals surface area contributed by atoms with Gasteiger partial charge in [-0.05, 0) is 12.8 Å². The fraction of sp³-hybridized carbons (Fsp3) is 0.750. The zero-order valence-electron chi connectivity index (χ0n) is 7.27. The molecule has 1 aromatic rings. The second kappa shape index (κ2) is 3.69. The molecule has 0 amide bonds. The van der Waals surface area contributed by atoms with Crippen LogP contribution >= 0.6 is 11.7 Å². The molecule has 1 aliphatic heterocycles. The van der Waals surface area contributed by atoms with Crippen molar-refractivity contribution in [2.75, 3.05) is 13.2 Å². The molecule has 2 heterocycles. The second-order valence-corrected chi connectivity index (χ2v) is 4.01. The van der Waals surface area contributed by atoms with E-state index >= 15 is 0 Å². The van der Waals surface area contributed by atoms with E-state index in [0.717, 1.165) is 25.1 Å². The van der Waals surface area contributed by atoms with Gasteiger partial charge in [-0.25, -0.2) is 0 Å². The van der Waals surface area contributed by atoms with Gasteiger partial charge in [0.1, 0.15) is 0 Å². The first-order chi connectivity index (χ1) is 6.29. The SMILES string of the molecule is OC1(Cc2cnsn2)CCCOC1. The molecule has 0 spiro atoms. The molecule has 1 unspecified atom stereocenters. The van der Waals surface area contributed by atoms with Crippen molar-refractivity contribution in [2.45, 2.75) is 24.9 Å². The van der Waals surface area contributed by atoms with E-state index in [1.807, 2.05) is 0 Å². The molecule has 1 aromatic heterocycles. The highest BCUT2D eigenvalue weighted by molar-refractivity contribution is 6.99. The van der Waals surface area contributed by atoms with Crippen LogP contribution in [0.2, 0.25) is 0 Å². The average molecular weight is 200 g/mol. The maximum absolute atomic E-state index is 10.1. The van der Waals surface area contributed by atoms with E-state index in [9.17, 15) is 5.11 Å². The topological polar surface area (TPSA) is 55.2 Å². The molecular formula is C8H12N2O2S. The summed E-state index contributed by atoms with van der Waals surface area (Å²) in [6.45, 7) is 1.18. The maximum Gasteiger partial charge on any atom is 0.0937 e. The summed E-state index contributed by atoms with van der Waals surface area (Å²) in [5.41, 5.74) is 0.145. The van der Waals surface area contributed by atoms with Crippen LogP contribution in [0.15, 0.2) is 6.20 Å². The van der Waals surface area contributed by atoms with Crippen molar-refractivity contribution >= 4 is 11.7 Å². The lowest BCUT2D eigenvalue weighted by molar-refractivity contribution is -0.0848. The summed E-state index contributed by atoms with van der Waals surface area (Å²) in [7, 11) is 0. The Morgan fingerprint density at radius 3 is 3.23 bits per heavy atom. The minimum Gasteiger partial charge on any atom is -0.387 e. The summed E-state index contributed by atoms with van der Waals surface area (Å²) in [4.78, 5) is 0. The first-order valence-corrected chi connectivity index (χ1v) is 5.08. The summed E-state index contributed by atoms with van der Waals surface area (Å²) in [6.07, 6.45) is 3.99. The summed E-state index contributed by atoms with van der Waals surface area (Å²) in [6, 6.07) is 0. The lowest BCUT2D eigenvalue weighted by atomic mass is 9.92. The first kappa shape index (κ1) is 9.05. The largest absolute Gasteiger partial charge is 0.387 e. The van der Waals surface area contributed by atoms with Crippen LogP contribution in [-0.4, -0.2) is 32.7 Å². The average Bonchev–Trinajstić information content (AvgIpc) is 2.57. The molecule has 2 rings (SSSR count). The van der Waals surface area contributed by atoms with E-state index in [1.54, 1.807) is 6.20 Å². The van der Waals surface area contributed by atoms with Crippen LogP contribution in [0.4, 0.5) is 0 Å². The zero-order valence-corrected chi connectivity index (χ0v) is 8.09. The van der Waals surface area contributed by atoms with Crippen LogP contribution in [0.3, 0.4) is 0 Å². The molecule has 0 aromatic carbocycles.